The van der Waals surface area contributed by atoms with Gasteiger partial charge in [0.15, 0.2) is 0 Å². The summed E-state index contributed by atoms with van der Waals surface area (Å²) in [6.07, 6.45) is 7.91. The number of hydrogen-bond donors (Lipinski definition) is 1. The second-order valence-corrected chi connectivity index (χ2v) is 11.0. The first-order valence-electron chi connectivity index (χ1n) is 12.5. The summed E-state index contributed by atoms with van der Waals surface area (Å²) >= 11 is 0. The van der Waals surface area contributed by atoms with E-state index in [4.69, 9.17) is 9.84 Å². The molecule has 1 aliphatic carbocycles. The zero-order valence-corrected chi connectivity index (χ0v) is 21.2. The molecule has 2 heterocycles. The first kappa shape index (κ1) is 24.3. The van der Waals surface area contributed by atoms with Crippen molar-refractivity contribution in [3.63, 3.8) is 0 Å². The van der Waals surface area contributed by atoms with E-state index >= 15 is 0 Å². The maximum atomic E-state index is 13.9. The number of fused-ring (bicyclic) bond motifs is 1. The lowest BCUT2D eigenvalue weighted by Crippen LogP contribution is -2.65. The number of methoxy groups -OCH3 is 1. The summed E-state index contributed by atoms with van der Waals surface area (Å²) in [6, 6.07) is 9.36. The molecular formula is C27H38N4O3. The van der Waals surface area contributed by atoms with Crippen LogP contribution in [0.3, 0.4) is 0 Å². The van der Waals surface area contributed by atoms with Gasteiger partial charge in [0.1, 0.15) is 17.0 Å². The molecule has 0 radical (unpaired) electrons. The quantitative estimate of drug-likeness (QED) is 0.700. The van der Waals surface area contributed by atoms with Crippen LogP contribution in [0.15, 0.2) is 30.3 Å². The first-order valence-corrected chi connectivity index (χ1v) is 12.5. The molecule has 1 aromatic carbocycles. The maximum absolute atomic E-state index is 13.9. The summed E-state index contributed by atoms with van der Waals surface area (Å²) in [5.41, 5.74) is 0.655. The molecule has 2 aliphatic rings. The van der Waals surface area contributed by atoms with E-state index < -0.39 is 5.54 Å². The highest BCUT2D eigenvalue weighted by Crippen LogP contribution is 2.36. The molecule has 0 bridgehead atoms. The molecule has 1 N–H and O–H groups in total. The molecule has 34 heavy (non-hydrogen) atoms. The fourth-order valence-corrected chi connectivity index (χ4v) is 5.04. The van der Waals surface area contributed by atoms with E-state index in [9.17, 15) is 9.59 Å². The molecular weight excluding hydrogens is 428 g/mol. The number of carbonyl (C=O) groups excluding carboxylic acids is 2. The van der Waals surface area contributed by atoms with E-state index in [-0.39, 0.29) is 23.3 Å². The van der Waals surface area contributed by atoms with Crippen LogP contribution in [0.25, 0.3) is 0 Å². The SMILES string of the molecule is COc1cccc(N2C(=O)c3cc(C(C)(C)C)nn3C[C@]2(C)C(=O)NC2CCCCCCC2)c1. The second kappa shape index (κ2) is 9.43. The Balaban J connectivity index is 1.74. The van der Waals surface area contributed by atoms with E-state index in [0.29, 0.717) is 23.7 Å². The van der Waals surface area contributed by atoms with E-state index in [0.717, 1.165) is 31.4 Å². The number of ether oxygens (including phenoxy) is 1. The van der Waals surface area contributed by atoms with Crippen LogP contribution in [-0.2, 0) is 16.8 Å². The number of carbonyl (C=O) groups is 2. The average Bonchev–Trinajstić information content (AvgIpc) is 3.20. The Kier molecular flexibility index (Phi) is 6.74. The molecule has 0 spiro atoms. The Morgan fingerprint density at radius 3 is 2.44 bits per heavy atom. The van der Waals surface area contributed by atoms with E-state index in [1.54, 1.807) is 16.7 Å². The van der Waals surface area contributed by atoms with Crippen molar-refractivity contribution >= 4 is 17.5 Å². The highest BCUT2D eigenvalue weighted by atomic mass is 16.5. The van der Waals surface area contributed by atoms with Gasteiger partial charge < -0.3 is 10.1 Å². The molecule has 2 aromatic rings. The van der Waals surface area contributed by atoms with E-state index in [1.165, 1.54) is 19.3 Å². The van der Waals surface area contributed by atoms with Gasteiger partial charge in [-0.1, -0.05) is 58.9 Å². The van der Waals surface area contributed by atoms with Gasteiger partial charge in [-0.3, -0.25) is 19.2 Å². The zero-order chi connectivity index (χ0) is 24.5. The Morgan fingerprint density at radius 1 is 1.12 bits per heavy atom. The summed E-state index contributed by atoms with van der Waals surface area (Å²) in [4.78, 5) is 29.5. The van der Waals surface area contributed by atoms with Gasteiger partial charge in [-0.2, -0.15) is 5.10 Å². The lowest BCUT2D eigenvalue weighted by Gasteiger charge is -2.44. The molecule has 0 saturated heterocycles. The molecule has 184 valence electrons. The molecule has 7 heteroatoms. The van der Waals surface area contributed by atoms with Gasteiger partial charge in [0.05, 0.1) is 19.3 Å². The topological polar surface area (TPSA) is 76.5 Å². The Morgan fingerprint density at radius 2 is 1.79 bits per heavy atom. The third-order valence-electron chi connectivity index (χ3n) is 7.16. The average molecular weight is 467 g/mol. The van der Waals surface area contributed by atoms with Crippen LogP contribution in [0.2, 0.25) is 0 Å². The summed E-state index contributed by atoms with van der Waals surface area (Å²) in [7, 11) is 1.60. The van der Waals surface area contributed by atoms with Crippen LogP contribution in [-0.4, -0.2) is 40.3 Å². The number of benzene rings is 1. The molecule has 1 saturated carbocycles. The number of nitrogens with zero attached hydrogens (tertiary/aromatic N) is 3. The number of amides is 2. The molecule has 2 amide bonds. The molecule has 1 aromatic heterocycles. The molecule has 0 unspecified atom stereocenters. The van der Waals surface area contributed by atoms with Crippen molar-refractivity contribution in [1.29, 1.82) is 0 Å². The largest absolute Gasteiger partial charge is 0.497 e. The zero-order valence-electron chi connectivity index (χ0n) is 21.2. The van der Waals surface area contributed by atoms with Gasteiger partial charge in [0.25, 0.3) is 5.91 Å². The van der Waals surface area contributed by atoms with Crippen molar-refractivity contribution < 1.29 is 14.3 Å². The van der Waals surface area contributed by atoms with Gasteiger partial charge in [0.2, 0.25) is 5.91 Å². The number of hydrogen-bond acceptors (Lipinski definition) is 4. The Bertz CT molecular complexity index is 1050. The van der Waals surface area contributed by atoms with Gasteiger partial charge in [-0.05, 0) is 38.0 Å². The van der Waals surface area contributed by atoms with E-state index in [1.807, 2.05) is 37.3 Å². The van der Waals surface area contributed by atoms with Crippen molar-refractivity contribution in [2.75, 3.05) is 12.0 Å². The lowest BCUT2D eigenvalue weighted by molar-refractivity contribution is -0.127. The Labute approximate surface area is 202 Å². The van der Waals surface area contributed by atoms with Crippen LogP contribution in [0.4, 0.5) is 5.69 Å². The summed E-state index contributed by atoms with van der Waals surface area (Å²) in [6.45, 7) is 8.37. The van der Waals surface area contributed by atoms with Crippen molar-refractivity contribution in [3.8, 4) is 5.75 Å². The fourth-order valence-electron chi connectivity index (χ4n) is 5.04. The van der Waals surface area contributed by atoms with Crippen LogP contribution < -0.4 is 15.0 Å². The van der Waals surface area contributed by atoms with Crippen molar-refractivity contribution in [3.05, 3.63) is 41.7 Å². The van der Waals surface area contributed by atoms with Gasteiger partial charge in [-0.15, -0.1) is 0 Å². The third-order valence-corrected chi connectivity index (χ3v) is 7.16. The lowest BCUT2D eigenvalue weighted by atomic mass is 9.90. The van der Waals surface area contributed by atoms with E-state index in [2.05, 4.69) is 26.1 Å². The molecule has 1 aliphatic heterocycles. The monoisotopic (exact) mass is 466 g/mol. The van der Waals surface area contributed by atoms with Crippen molar-refractivity contribution in [2.45, 2.75) is 96.2 Å². The molecule has 4 rings (SSSR count). The van der Waals surface area contributed by atoms with Gasteiger partial charge in [0, 0.05) is 23.2 Å². The third kappa shape index (κ3) is 4.70. The van der Waals surface area contributed by atoms with Crippen LogP contribution in [0.5, 0.6) is 5.75 Å². The summed E-state index contributed by atoms with van der Waals surface area (Å²) in [5.74, 6) is 0.285. The fraction of sp³-hybridized carbons (Fsp3) is 0.593. The minimum Gasteiger partial charge on any atom is -0.497 e. The maximum Gasteiger partial charge on any atom is 0.277 e. The van der Waals surface area contributed by atoms with Crippen LogP contribution >= 0.6 is 0 Å². The number of anilines is 1. The normalized spacial score (nSPS) is 22.0. The minimum atomic E-state index is -1.13. The summed E-state index contributed by atoms with van der Waals surface area (Å²) in [5, 5.41) is 8.06. The minimum absolute atomic E-state index is 0.132. The van der Waals surface area contributed by atoms with Crippen molar-refractivity contribution in [1.82, 2.24) is 15.1 Å². The first-order chi connectivity index (χ1) is 16.1. The van der Waals surface area contributed by atoms with Crippen LogP contribution in [0, 0.1) is 0 Å². The standard InChI is InChI=1S/C27H38N4O3/c1-26(2,3)23-17-22-24(32)31(20-14-11-15-21(16-20)34-5)27(4,18-30(22)29-23)25(33)28-19-12-9-7-6-8-10-13-19/h11,14-17,19H,6-10,12-13,18H2,1-5H3,(H,28,33)/t27-/m1/s1. The number of rotatable bonds is 4. The highest BCUT2D eigenvalue weighted by molar-refractivity contribution is 6.12. The highest BCUT2D eigenvalue weighted by Gasteiger charge is 2.49. The predicted octanol–water partition coefficient (Wildman–Crippen LogP) is 4.84. The van der Waals surface area contributed by atoms with Crippen LogP contribution in [0.1, 0.15) is 88.8 Å². The molecule has 7 nitrogen and oxygen atoms in total. The second-order valence-electron chi connectivity index (χ2n) is 11.0. The Hall–Kier alpha value is -2.83. The van der Waals surface area contributed by atoms with Gasteiger partial charge >= 0.3 is 0 Å². The molecule has 1 fully saturated rings. The smallest absolute Gasteiger partial charge is 0.277 e. The molecule has 1 atom stereocenters. The number of nitrogens with one attached hydrogen (secondary N) is 1. The predicted molar refractivity (Wildman–Crippen MR) is 133 cm³/mol. The van der Waals surface area contributed by atoms with Gasteiger partial charge in [-0.25, -0.2) is 0 Å². The summed E-state index contributed by atoms with van der Waals surface area (Å²) < 4.78 is 7.14. The number of aromatic nitrogens is 2. The van der Waals surface area contributed by atoms with Crippen molar-refractivity contribution in [2.24, 2.45) is 0 Å².